The van der Waals surface area contributed by atoms with Gasteiger partial charge in [-0.15, -0.1) is 10.2 Å². The van der Waals surface area contributed by atoms with Gasteiger partial charge in [-0.05, 0) is 36.6 Å². The molecular formula is C23H25N3O4S. The maximum atomic E-state index is 13.0. The molecule has 0 radical (unpaired) electrons. The molecule has 1 aliphatic heterocycles. The van der Waals surface area contributed by atoms with Crippen molar-refractivity contribution in [3.63, 3.8) is 0 Å². The summed E-state index contributed by atoms with van der Waals surface area (Å²) < 4.78 is 16.6. The monoisotopic (exact) mass is 439 g/mol. The van der Waals surface area contributed by atoms with Crippen molar-refractivity contribution < 1.29 is 18.7 Å². The van der Waals surface area contributed by atoms with E-state index in [9.17, 15) is 4.79 Å². The Kier molecular flexibility index (Phi) is 6.76. The number of hydrogen-bond acceptors (Lipinski definition) is 7. The summed E-state index contributed by atoms with van der Waals surface area (Å²) >= 11 is 1.27. The normalized spacial score (nSPS) is 15.8. The Hall–Kier alpha value is -3.00. The molecule has 1 aliphatic rings. The van der Waals surface area contributed by atoms with Gasteiger partial charge in [0, 0.05) is 12.1 Å². The Bertz CT molecular complexity index is 1020. The fraction of sp³-hybridized carbons (Fsp3) is 0.348. The van der Waals surface area contributed by atoms with Gasteiger partial charge in [0.1, 0.15) is 11.5 Å². The molecule has 31 heavy (non-hydrogen) atoms. The van der Waals surface area contributed by atoms with Crippen molar-refractivity contribution in [2.45, 2.75) is 30.5 Å². The maximum Gasteiger partial charge on any atom is 0.277 e. The molecule has 0 unspecified atom stereocenters. The van der Waals surface area contributed by atoms with Gasteiger partial charge in [-0.3, -0.25) is 4.79 Å². The predicted octanol–water partition coefficient (Wildman–Crippen LogP) is 4.13. The second-order valence-corrected chi connectivity index (χ2v) is 8.19. The van der Waals surface area contributed by atoms with Gasteiger partial charge in [0.15, 0.2) is 0 Å². The first kappa shape index (κ1) is 21.2. The van der Waals surface area contributed by atoms with Crippen molar-refractivity contribution in [1.29, 1.82) is 0 Å². The van der Waals surface area contributed by atoms with Crippen LogP contribution in [0.4, 0.5) is 0 Å². The van der Waals surface area contributed by atoms with Gasteiger partial charge >= 0.3 is 0 Å². The summed E-state index contributed by atoms with van der Waals surface area (Å²) in [5, 5.41) is 8.59. The molecule has 1 amide bonds. The molecule has 3 aromatic rings. The number of thioether (sulfide) groups is 1. The molecule has 8 heteroatoms. The van der Waals surface area contributed by atoms with Crippen molar-refractivity contribution in [2.75, 3.05) is 26.5 Å². The fourth-order valence-corrected chi connectivity index (χ4v) is 4.50. The zero-order valence-electron chi connectivity index (χ0n) is 17.6. The van der Waals surface area contributed by atoms with Crippen LogP contribution in [-0.2, 0) is 11.2 Å². The molecular weight excluding hydrogens is 414 g/mol. The maximum absolute atomic E-state index is 13.0. The number of nitrogens with zero attached hydrogens (tertiary/aromatic N) is 3. The van der Waals surface area contributed by atoms with Gasteiger partial charge in [0.05, 0.1) is 32.4 Å². The number of hydrogen-bond donors (Lipinski definition) is 0. The first-order valence-electron chi connectivity index (χ1n) is 10.2. The van der Waals surface area contributed by atoms with Crippen molar-refractivity contribution in [3.05, 3.63) is 65.5 Å². The van der Waals surface area contributed by atoms with Crippen LogP contribution in [0.5, 0.6) is 11.5 Å². The summed E-state index contributed by atoms with van der Waals surface area (Å²) in [7, 11) is 3.28. The van der Waals surface area contributed by atoms with E-state index >= 15 is 0 Å². The average molecular weight is 440 g/mol. The van der Waals surface area contributed by atoms with Crippen molar-refractivity contribution in [2.24, 2.45) is 0 Å². The van der Waals surface area contributed by atoms with Gasteiger partial charge in [0.25, 0.3) is 5.22 Å². The van der Waals surface area contributed by atoms with Crippen molar-refractivity contribution in [3.8, 4) is 11.5 Å². The highest BCUT2D eigenvalue weighted by atomic mass is 32.2. The molecule has 0 bridgehead atoms. The third kappa shape index (κ3) is 5.02. The lowest BCUT2D eigenvalue weighted by molar-refractivity contribution is -0.129. The summed E-state index contributed by atoms with van der Waals surface area (Å²) in [4.78, 5) is 14.9. The van der Waals surface area contributed by atoms with E-state index in [1.807, 2.05) is 53.4 Å². The Balaban J connectivity index is 1.40. The van der Waals surface area contributed by atoms with Crippen LogP contribution in [0.1, 0.15) is 35.9 Å². The predicted molar refractivity (Wildman–Crippen MR) is 118 cm³/mol. The summed E-state index contributed by atoms with van der Waals surface area (Å²) in [5.41, 5.74) is 2.08. The quantitative estimate of drug-likeness (QED) is 0.488. The van der Waals surface area contributed by atoms with E-state index in [0.717, 1.165) is 35.5 Å². The molecule has 1 fully saturated rings. The molecule has 0 aliphatic carbocycles. The Morgan fingerprint density at radius 3 is 2.77 bits per heavy atom. The van der Waals surface area contributed by atoms with Crippen molar-refractivity contribution in [1.82, 2.24) is 15.1 Å². The minimum absolute atomic E-state index is 0.0329. The van der Waals surface area contributed by atoms with Gasteiger partial charge in [0.2, 0.25) is 11.8 Å². The smallest absolute Gasteiger partial charge is 0.277 e. The molecule has 1 saturated heterocycles. The van der Waals surface area contributed by atoms with Crippen LogP contribution in [-0.4, -0.2) is 47.5 Å². The minimum Gasteiger partial charge on any atom is -0.497 e. The van der Waals surface area contributed by atoms with Crippen LogP contribution in [0.25, 0.3) is 0 Å². The lowest BCUT2D eigenvalue weighted by atomic mass is 10.0. The highest BCUT2D eigenvalue weighted by Gasteiger charge is 2.32. The summed E-state index contributed by atoms with van der Waals surface area (Å²) in [5.74, 6) is 2.35. The SMILES string of the molecule is COc1ccc(OC)c([C@@H]2CCCN2C(=O)CSc2nnc(Cc3ccccc3)o2)c1. The van der Waals surface area contributed by atoms with E-state index in [1.54, 1.807) is 14.2 Å². The first-order valence-corrected chi connectivity index (χ1v) is 11.2. The summed E-state index contributed by atoms with van der Waals surface area (Å²) in [6.45, 7) is 0.716. The van der Waals surface area contributed by atoms with Crippen LogP contribution >= 0.6 is 11.8 Å². The largest absolute Gasteiger partial charge is 0.497 e. The molecule has 2 aromatic carbocycles. The van der Waals surface area contributed by atoms with Gasteiger partial charge < -0.3 is 18.8 Å². The number of aromatic nitrogens is 2. The number of carbonyl (C=O) groups is 1. The van der Waals surface area contributed by atoms with E-state index in [0.29, 0.717) is 24.1 Å². The second kappa shape index (κ2) is 9.87. The Morgan fingerprint density at radius 2 is 2.00 bits per heavy atom. The number of methoxy groups -OCH3 is 2. The van der Waals surface area contributed by atoms with E-state index in [1.165, 1.54) is 11.8 Å². The number of likely N-dealkylation sites (tertiary alicyclic amines) is 1. The minimum atomic E-state index is -0.0329. The topological polar surface area (TPSA) is 77.7 Å². The molecule has 7 nitrogen and oxygen atoms in total. The van der Waals surface area contributed by atoms with Crippen LogP contribution in [0.15, 0.2) is 58.2 Å². The van der Waals surface area contributed by atoms with Crippen LogP contribution < -0.4 is 9.47 Å². The zero-order valence-corrected chi connectivity index (χ0v) is 18.4. The molecule has 1 aromatic heterocycles. The number of rotatable bonds is 8. The highest BCUT2D eigenvalue weighted by molar-refractivity contribution is 7.99. The summed E-state index contributed by atoms with van der Waals surface area (Å²) in [6.07, 6.45) is 2.41. The van der Waals surface area contributed by atoms with E-state index in [4.69, 9.17) is 13.9 Å². The van der Waals surface area contributed by atoms with E-state index in [-0.39, 0.29) is 17.7 Å². The number of amides is 1. The van der Waals surface area contributed by atoms with Crippen LogP contribution in [0.2, 0.25) is 0 Å². The third-order valence-corrected chi connectivity index (χ3v) is 6.14. The van der Waals surface area contributed by atoms with Crippen LogP contribution in [0, 0.1) is 0 Å². The summed E-state index contributed by atoms with van der Waals surface area (Å²) in [6, 6.07) is 15.6. The van der Waals surface area contributed by atoms with Gasteiger partial charge in [-0.2, -0.15) is 0 Å². The average Bonchev–Trinajstić information content (AvgIpc) is 3.47. The molecule has 0 spiro atoms. The fourth-order valence-electron chi connectivity index (χ4n) is 3.83. The zero-order chi connectivity index (χ0) is 21.6. The number of benzene rings is 2. The van der Waals surface area contributed by atoms with Crippen molar-refractivity contribution >= 4 is 17.7 Å². The third-order valence-electron chi connectivity index (χ3n) is 5.33. The van der Waals surface area contributed by atoms with Gasteiger partial charge in [-0.25, -0.2) is 0 Å². The molecule has 0 N–H and O–H groups in total. The van der Waals surface area contributed by atoms with E-state index < -0.39 is 0 Å². The first-order chi connectivity index (χ1) is 15.2. The van der Waals surface area contributed by atoms with Crippen LogP contribution in [0.3, 0.4) is 0 Å². The number of ether oxygens (including phenoxy) is 2. The molecule has 1 atom stereocenters. The van der Waals surface area contributed by atoms with E-state index in [2.05, 4.69) is 10.2 Å². The standard InChI is InChI=1S/C23H25N3O4S/c1-28-17-10-11-20(29-2)18(14-17)19-9-6-12-26(19)22(27)15-31-23-25-24-21(30-23)13-16-7-4-3-5-8-16/h3-5,7-8,10-11,14,19H,6,9,12-13,15H2,1-2H3/t19-/m0/s1. The van der Waals surface area contributed by atoms with Gasteiger partial charge in [-0.1, -0.05) is 42.1 Å². The number of carbonyl (C=O) groups excluding carboxylic acids is 1. The molecule has 0 saturated carbocycles. The molecule has 2 heterocycles. The molecule has 162 valence electrons. The Morgan fingerprint density at radius 1 is 1.16 bits per heavy atom. The second-order valence-electron chi connectivity index (χ2n) is 7.27. The lowest BCUT2D eigenvalue weighted by Crippen LogP contribution is -2.32. The highest BCUT2D eigenvalue weighted by Crippen LogP contribution is 2.39. The lowest BCUT2D eigenvalue weighted by Gasteiger charge is -2.26. The molecule has 4 rings (SSSR count). The Labute approximate surface area is 185 Å².